The van der Waals surface area contributed by atoms with Crippen LogP contribution in [-0.4, -0.2) is 18.2 Å². The van der Waals surface area contributed by atoms with E-state index >= 15 is 0 Å². The highest BCUT2D eigenvalue weighted by Crippen LogP contribution is 2.12. The zero-order valence-electron chi connectivity index (χ0n) is 10.6. The number of halogens is 1. The quantitative estimate of drug-likeness (QED) is 0.717. The minimum Gasteiger partial charge on any atom is -0.387 e. The van der Waals surface area contributed by atoms with E-state index in [9.17, 15) is 9.50 Å². The van der Waals surface area contributed by atoms with Crippen LogP contribution in [0.5, 0.6) is 0 Å². The van der Waals surface area contributed by atoms with Gasteiger partial charge < -0.3 is 10.4 Å². The summed E-state index contributed by atoms with van der Waals surface area (Å²) in [4.78, 5) is 0. The molecule has 0 radical (unpaired) electrons. The Balaban J connectivity index is 2.21. The predicted molar refractivity (Wildman–Crippen MR) is 68.3 cm³/mol. The van der Waals surface area contributed by atoms with Crippen LogP contribution in [0.3, 0.4) is 0 Å². The summed E-state index contributed by atoms with van der Waals surface area (Å²) in [6.07, 6.45) is 1.75. The van der Waals surface area contributed by atoms with Crippen LogP contribution in [0.4, 0.5) is 4.39 Å². The van der Waals surface area contributed by atoms with Crippen molar-refractivity contribution in [1.82, 2.24) is 5.32 Å². The first-order valence-electron chi connectivity index (χ1n) is 6.24. The summed E-state index contributed by atoms with van der Waals surface area (Å²) >= 11 is 0. The highest BCUT2D eigenvalue weighted by atomic mass is 19.1. The maximum atomic E-state index is 12.7. The van der Waals surface area contributed by atoms with Crippen molar-refractivity contribution in [3.05, 3.63) is 35.6 Å². The molecule has 0 aliphatic carbocycles. The van der Waals surface area contributed by atoms with Gasteiger partial charge in [-0.3, -0.25) is 0 Å². The Morgan fingerprint density at radius 1 is 1.24 bits per heavy atom. The number of rotatable bonds is 7. The van der Waals surface area contributed by atoms with Crippen molar-refractivity contribution in [3.63, 3.8) is 0 Å². The topological polar surface area (TPSA) is 32.3 Å². The molecule has 0 saturated heterocycles. The van der Waals surface area contributed by atoms with Gasteiger partial charge in [-0.15, -0.1) is 0 Å². The molecule has 17 heavy (non-hydrogen) atoms. The molecule has 2 N–H and O–H groups in total. The van der Waals surface area contributed by atoms with E-state index in [2.05, 4.69) is 19.2 Å². The van der Waals surface area contributed by atoms with E-state index in [1.165, 1.54) is 18.6 Å². The largest absolute Gasteiger partial charge is 0.387 e. The molecule has 1 aromatic rings. The van der Waals surface area contributed by atoms with Gasteiger partial charge in [-0.1, -0.05) is 26.0 Å². The van der Waals surface area contributed by atoms with E-state index in [1.807, 2.05) is 0 Å². The molecular formula is C14H22FNO. The Hall–Kier alpha value is -0.930. The summed E-state index contributed by atoms with van der Waals surface area (Å²) in [5, 5.41) is 13.0. The fourth-order valence-electron chi connectivity index (χ4n) is 1.68. The van der Waals surface area contributed by atoms with Gasteiger partial charge in [-0.2, -0.15) is 0 Å². The average Bonchev–Trinajstić information content (AvgIpc) is 2.29. The SMILES string of the molecule is CC(C)CCCNCC(O)c1ccc(F)cc1. The van der Waals surface area contributed by atoms with E-state index in [0.717, 1.165) is 24.4 Å². The highest BCUT2D eigenvalue weighted by molar-refractivity contribution is 5.18. The van der Waals surface area contributed by atoms with Gasteiger partial charge in [0.2, 0.25) is 0 Å². The molecule has 0 spiro atoms. The molecule has 0 aliphatic rings. The Morgan fingerprint density at radius 2 is 1.88 bits per heavy atom. The summed E-state index contributed by atoms with van der Waals surface area (Å²) in [5.74, 6) is 0.449. The molecule has 1 unspecified atom stereocenters. The molecule has 3 heteroatoms. The van der Waals surface area contributed by atoms with Gasteiger partial charge in [0, 0.05) is 6.54 Å². The average molecular weight is 239 g/mol. The van der Waals surface area contributed by atoms with Gasteiger partial charge in [0.05, 0.1) is 6.10 Å². The second-order valence-electron chi connectivity index (χ2n) is 4.81. The lowest BCUT2D eigenvalue weighted by Gasteiger charge is -2.12. The van der Waals surface area contributed by atoms with Crippen LogP contribution in [-0.2, 0) is 0 Å². The number of benzene rings is 1. The van der Waals surface area contributed by atoms with Gasteiger partial charge in [0.15, 0.2) is 0 Å². The molecule has 96 valence electrons. The summed E-state index contributed by atoms with van der Waals surface area (Å²) in [5.41, 5.74) is 0.753. The number of hydrogen-bond donors (Lipinski definition) is 2. The van der Waals surface area contributed by atoms with E-state index < -0.39 is 6.10 Å². The van der Waals surface area contributed by atoms with E-state index in [4.69, 9.17) is 0 Å². The Bertz CT molecular complexity index is 311. The van der Waals surface area contributed by atoms with Gasteiger partial charge in [0.25, 0.3) is 0 Å². The van der Waals surface area contributed by atoms with Crippen molar-refractivity contribution in [2.24, 2.45) is 5.92 Å². The number of nitrogens with one attached hydrogen (secondary N) is 1. The third kappa shape index (κ3) is 5.80. The summed E-state index contributed by atoms with van der Waals surface area (Å²) < 4.78 is 12.7. The van der Waals surface area contributed by atoms with Crippen LogP contribution in [0.2, 0.25) is 0 Å². The van der Waals surface area contributed by atoms with Crippen molar-refractivity contribution >= 4 is 0 Å². The smallest absolute Gasteiger partial charge is 0.123 e. The van der Waals surface area contributed by atoms with Crippen LogP contribution in [0, 0.1) is 11.7 Å². The molecule has 0 aromatic heterocycles. The van der Waals surface area contributed by atoms with E-state index in [0.29, 0.717) is 6.54 Å². The Kier molecular flexibility index (Phi) is 6.16. The van der Waals surface area contributed by atoms with Crippen molar-refractivity contribution in [2.75, 3.05) is 13.1 Å². The molecule has 0 fully saturated rings. The van der Waals surface area contributed by atoms with Crippen molar-refractivity contribution in [1.29, 1.82) is 0 Å². The lowest BCUT2D eigenvalue weighted by Crippen LogP contribution is -2.22. The first-order valence-corrected chi connectivity index (χ1v) is 6.24. The molecule has 0 heterocycles. The van der Waals surface area contributed by atoms with Crippen molar-refractivity contribution in [2.45, 2.75) is 32.8 Å². The normalized spacial score (nSPS) is 13.0. The fraction of sp³-hybridized carbons (Fsp3) is 0.571. The molecular weight excluding hydrogens is 217 g/mol. The van der Waals surface area contributed by atoms with Crippen LogP contribution in [0.25, 0.3) is 0 Å². The monoisotopic (exact) mass is 239 g/mol. The highest BCUT2D eigenvalue weighted by Gasteiger charge is 2.06. The van der Waals surface area contributed by atoms with Crippen LogP contribution >= 0.6 is 0 Å². The lowest BCUT2D eigenvalue weighted by atomic mass is 10.1. The summed E-state index contributed by atoms with van der Waals surface area (Å²) in [7, 11) is 0. The number of hydrogen-bond acceptors (Lipinski definition) is 2. The van der Waals surface area contributed by atoms with Crippen LogP contribution in [0.1, 0.15) is 38.4 Å². The zero-order chi connectivity index (χ0) is 12.7. The standard InChI is InChI=1S/C14H22FNO/c1-11(2)4-3-9-16-10-14(17)12-5-7-13(15)8-6-12/h5-8,11,14,16-17H,3-4,9-10H2,1-2H3. The molecule has 0 saturated carbocycles. The molecule has 1 atom stereocenters. The molecule has 1 rings (SSSR count). The molecule has 2 nitrogen and oxygen atoms in total. The maximum Gasteiger partial charge on any atom is 0.123 e. The van der Waals surface area contributed by atoms with Crippen LogP contribution in [0.15, 0.2) is 24.3 Å². The molecule has 0 aliphatic heterocycles. The van der Waals surface area contributed by atoms with E-state index in [-0.39, 0.29) is 5.82 Å². The second-order valence-corrected chi connectivity index (χ2v) is 4.81. The summed E-state index contributed by atoms with van der Waals surface area (Å²) in [6, 6.07) is 5.99. The van der Waals surface area contributed by atoms with Crippen molar-refractivity contribution in [3.8, 4) is 0 Å². The van der Waals surface area contributed by atoms with E-state index in [1.54, 1.807) is 12.1 Å². The van der Waals surface area contributed by atoms with Gasteiger partial charge in [-0.25, -0.2) is 4.39 Å². The lowest BCUT2D eigenvalue weighted by molar-refractivity contribution is 0.174. The first kappa shape index (κ1) is 14.1. The third-order valence-corrected chi connectivity index (χ3v) is 2.73. The fourth-order valence-corrected chi connectivity index (χ4v) is 1.68. The minimum atomic E-state index is -0.561. The van der Waals surface area contributed by atoms with Crippen LogP contribution < -0.4 is 5.32 Å². The van der Waals surface area contributed by atoms with Gasteiger partial charge >= 0.3 is 0 Å². The Labute approximate surface area is 103 Å². The molecule has 1 aromatic carbocycles. The second kappa shape index (κ2) is 7.41. The summed E-state index contributed by atoms with van der Waals surface area (Å²) in [6.45, 7) is 5.83. The number of aliphatic hydroxyl groups is 1. The minimum absolute atomic E-state index is 0.272. The number of aliphatic hydroxyl groups excluding tert-OH is 1. The first-order chi connectivity index (χ1) is 8.09. The maximum absolute atomic E-state index is 12.7. The third-order valence-electron chi connectivity index (χ3n) is 2.73. The zero-order valence-corrected chi connectivity index (χ0v) is 10.6. The Morgan fingerprint density at radius 3 is 2.47 bits per heavy atom. The predicted octanol–water partition coefficient (Wildman–Crippen LogP) is 2.88. The van der Waals surface area contributed by atoms with Gasteiger partial charge in [0.1, 0.15) is 5.82 Å². The van der Waals surface area contributed by atoms with Gasteiger partial charge in [-0.05, 0) is 43.0 Å². The molecule has 0 amide bonds. The molecule has 0 bridgehead atoms. The van der Waals surface area contributed by atoms with Crippen molar-refractivity contribution < 1.29 is 9.50 Å².